The summed E-state index contributed by atoms with van der Waals surface area (Å²) in [6.45, 7) is 11.2. The first-order valence-electron chi connectivity index (χ1n) is 8.20. The molecule has 0 saturated heterocycles. The quantitative estimate of drug-likeness (QED) is 0.837. The van der Waals surface area contributed by atoms with E-state index in [1.807, 2.05) is 11.8 Å². The number of hydrogen-bond acceptors (Lipinski definition) is 4. The Morgan fingerprint density at radius 2 is 2.14 bits per heavy atom. The molecule has 1 aromatic rings. The van der Waals surface area contributed by atoms with Gasteiger partial charge in [-0.05, 0) is 55.0 Å². The van der Waals surface area contributed by atoms with Crippen molar-refractivity contribution in [3.8, 4) is 0 Å². The van der Waals surface area contributed by atoms with Crippen LogP contribution in [-0.2, 0) is 18.6 Å². The Hall–Kier alpha value is -0.610. The predicted molar refractivity (Wildman–Crippen MR) is 91.7 cm³/mol. The molecule has 0 aromatic carbocycles. The first-order valence-corrected chi connectivity index (χ1v) is 9.25. The topological polar surface area (TPSA) is 37.8 Å². The van der Waals surface area contributed by atoms with Crippen molar-refractivity contribution in [2.24, 2.45) is 11.8 Å². The zero-order valence-corrected chi connectivity index (χ0v) is 14.7. The van der Waals surface area contributed by atoms with Crippen LogP contribution < -0.4 is 5.32 Å². The second-order valence-electron chi connectivity index (χ2n) is 6.78. The van der Waals surface area contributed by atoms with E-state index in [4.69, 9.17) is 4.98 Å². The highest BCUT2D eigenvalue weighted by Gasteiger charge is 2.20. The van der Waals surface area contributed by atoms with Crippen LogP contribution in [0, 0.1) is 11.8 Å². The van der Waals surface area contributed by atoms with Gasteiger partial charge in [0.15, 0.2) is 0 Å². The van der Waals surface area contributed by atoms with Crippen LogP contribution in [0.5, 0.6) is 0 Å². The minimum atomic E-state index is 0.640. The Bertz CT molecular complexity index is 446. The van der Waals surface area contributed by atoms with E-state index in [0.717, 1.165) is 49.3 Å². The number of thioether (sulfide) groups is 1. The number of fused-ring (bicyclic) bond motifs is 1. The fraction of sp³-hybridized carbons (Fsp3) is 0.765. The number of nitrogens with zero attached hydrogens (tertiary/aromatic N) is 2. The summed E-state index contributed by atoms with van der Waals surface area (Å²) >= 11 is 1.91. The molecule has 118 valence electrons. The molecule has 21 heavy (non-hydrogen) atoms. The third-order valence-corrected chi connectivity index (χ3v) is 4.92. The van der Waals surface area contributed by atoms with Gasteiger partial charge in [0.1, 0.15) is 5.82 Å². The Morgan fingerprint density at radius 1 is 1.33 bits per heavy atom. The second kappa shape index (κ2) is 8.14. The molecule has 4 heteroatoms. The largest absolute Gasteiger partial charge is 0.316 e. The van der Waals surface area contributed by atoms with Crippen molar-refractivity contribution in [3.63, 3.8) is 0 Å². The van der Waals surface area contributed by atoms with E-state index in [1.165, 1.54) is 17.7 Å². The number of nitrogens with one attached hydrogen (secondary N) is 1. The molecule has 2 rings (SSSR count). The Labute approximate surface area is 133 Å². The standard InChI is InChI=1S/C17H29N3S/c1-12(2)8-18-9-14-5-6-16-15(7-14)10-19-17(20-16)11-21-13(3)4/h10,12-14,18H,5-9,11H2,1-4H3. The SMILES string of the molecule is CC(C)CNCC1CCc2nc(CSC(C)C)ncc2C1. The molecule has 3 nitrogen and oxygen atoms in total. The molecule has 1 unspecified atom stereocenters. The third kappa shape index (κ3) is 5.59. The van der Waals surface area contributed by atoms with Crippen molar-refractivity contribution in [1.82, 2.24) is 15.3 Å². The number of rotatable bonds is 7. The van der Waals surface area contributed by atoms with Crippen molar-refractivity contribution < 1.29 is 0 Å². The lowest BCUT2D eigenvalue weighted by Gasteiger charge is -2.24. The summed E-state index contributed by atoms with van der Waals surface area (Å²) in [7, 11) is 0. The Balaban J connectivity index is 1.87. The van der Waals surface area contributed by atoms with Crippen LogP contribution in [0.3, 0.4) is 0 Å². The van der Waals surface area contributed by atoms with Crippen molar-refractivity contribution in [2.75, 3.05) is 13.1 Å². The summed E-state index contributed by atoms with van der Waals surface area (Å²) in [6.07, 6.45) is 5.59. The van der Waals surface area contributed by atoms with Gasteiger partial charge in [0.25, 0.3) is 0 Å². The summed E-state index contributed by atoms with van der Waals surface area (Å²) in [5.41, 5.74) is 2.67. The van der Waals surface area contributed by atoms with E-state index in [1.54, 1.807) is 0 Å². The molecule has 1 aromatic heterocycles. The summed E-state index contributed by atoms with van der Waals surface area (Å²) in [5, 5.41) is 4.23. The van der Waals surface area contributed by atoms with Crippen LogP contribution in [0.15, 0.2) is 6.20 Å². The molecule has 1 N–H and O–H groups in total. The van der Waals surface area contributed by atoms with Gasteiger partial charge in [-0.25, -0.2) is 9.97 Å². The van der Waals surface area contributed by atoms with Crippen LogP contribution in [-0.4, -0.2) is 28.3 Å². The van der Waals surface area contributed by atoms with Crippen LogP contribution in [0.25, 0.3) is 0 Å². The van der Waals surface area contributed by atoms with E-state index < -0.39 is 0 Å². The molecule has 0 fully saturated rings. The molecule has 0 aliphatic heterocycles. The zero-order chi connectivity index (χ0) is 15.2. The van der Waals surface area contributed by atoms with Gasteiger partial charge in [0.05, 0.1) is 5.75 Å². The normalized spacial score (nSPS) is 18.3. The van der Waals surface area contributed by atoms with Gasteiger partial charge in [-0.15, -0.1) is 0 Å². The average molecular weight is 308 g/mol. The highest BCUT2D eigenvalue weighted by Crippen LogP contribution is 2.24. The van der Waals surface area contributed by atoms with E-state index in [9.17, 15) is 0 Å². The molecule has 1 atom stereocenters. The molecule has 0 amide bonds. The van der Waals surface area contributed by atoms with E-state index in [-0.39, 0.29) is 0 Å². The minimum Gasteiger partial charge on any atom is -0.316 e. The molecule has 0 spiro atoms. The van der Waals surface area contributed by atoms with Gasteiger partial charge in [0.2, 0.25) is 0 Å². The molecular formula is C17H29N3S. The Morgan fingerprint density at radius 3 is 2.86 bits per heavy atom. The average Bonchev–Trinajstić information content (AvgIpc) is 2.44. The van der Waals surface area contributed by atoms with Crippen molar-refractivity contribution in [3.05, 3.63) is 23.3 Å². The lowest BCUT2D eigenvalue weighted by molar-refractivity contribution is 0.405. The second-order valence-corrected chi connectivity index (χ2v) is 8.34. The minimum absolute atomic E-state index is 0.640. The van der Waals surface area contributed by atoms with Gasteiger partial charge in [-0.3, -0.25) is 0 Å². The maximum atomic E-state index is 4.78. The first-order chi connectivity index (χ1) is 10.0. The molecule has 1 aliphatic rings. The fourth-order valence-corrected chi connectivity index (χ4v) is 3.31. The van der Waals surface area contributed by atoms with Crippen molar-refractivity contribution >= 4 is 11.8 Å². The maximum absolute atomic E-state index is 4.78. The summed E-state index contributed by atoms with van der Waals surface area (Å²) in [4.78, 5) is 9.33. The third-order valence-electron chi connectivity index (χ3n) is 3.83. The zero-order valence-electron chi connectivity index (χ0n) is 13.9. The van der Waals surface area contributed by atoms with E-state index >= 15 is 0 Å². The monoisotopic (exact) mass is 307 g/mol. The Kier molecular flexibility index (Phi) is 6.49. The lowest BCUT2D eigenvalue weighted by atomic mass is 9.87. The van der Waals surface area contributed by atoms with Crippen molar-refractivity contribution in [1.29, 1.82) is 0 Å². The maximum Gasteiger partial charge on any atom is 0.138 e. The first kappa shape index (κ1) is 16.8. The van der Waals surface area contributed by atoms with Crippen LogP contribution in [0.1, 0.15) is 51.2 Å². The van der Waals surface area contributed by atoms with Gasteiger partial charge < -0.3 is 5.32 Å². The van der Waals surface area contributed by atoms with Crippen LogP contribution in [0.4, 0.5) is 0 Å². The number of aryl methyl sites for hydroxylation is 1. The number of hydrogen-bond donors (Lipinski definition) is 1. The number of aromatic nitrogens is 2. The van der Waals surface area contributed by atoms with E-state index in [0.29, 0.717) is 5.25 Å². The lowest BCUT2D eigenvalue weighted by Crippen LogP contribution is -2.30. The molecule has 1 aliphatic carbocycles. The van der Waals surface area contributed by atoms with Gasteiger partial charge in [-0.1, -0.05) is 27.7 Å². The van der Waals surface area contributed by atoms with Gasteiger partial charge in [0, 0.05) is 11.9 Å². The summed E-state index contributed by atoms with van der Waals surface area (Å²) in [5.74, 6) is 3.41. The summed E-state index contributed by atoms with van der Waals surface area (Å²) in [6, 6.07) is 0. The summed E-state index contributed by atoms with van der Waals surface area (Å²) < 4.78 is 0. The smallest absolute Gasteiger partial charge is 0.138 e. The van der Waals surface area contributed by atoms with Crippen molar-refractivity contribution in [2.45, 2.75) is 58.0 Å². The molecule has 0 saturated carbocycles. The predicted octanol–water partition coefficient (Wildman–Crippen LogP) is 3.47. The fourth-order valence-electron chi connectivity index (χ4n) is 2.69. The van der Waals surface area contributed by atoms with Crippen LogP contribution in [0.2, 0.25) is 0 Å². The highest BCUT2D eigenvalue weighted by molar-refractivity contribution is 7.99. The van der Waals surface area contributed by atoms with Crippen LogP contribution >= 0.6 is 11.8 Å². The molecule has 0 radical (unpaired) electrons. The van der Waals surface area contributed by atoms with Gasteiger partial charge in [-0.2, -0.15) is 11.8 Å². The van der Waals surface area contributed by atoms with Gasteiger partial charge >= 0.3 is 0 Å². The highest BCUT2D eigenvalue weighted by atomic mass is 32.2. The molecule has 1 heterocycles. The van der Waals surface area contributed by atoms with E-state index in [2.05, 4.69) is 44.2 Å². The molecular weight excluding hydrogens is 278 g/mol. The molecule has 0 bridgehead atoms.